The van der Waals surface area contributed by atoms with Gasteiger partial charge in [-0.2, -0.15) is 0 Å². The van der Waals surface area contributed by atoms with Crippen LogP contribution < -0.4 is 10.8 Å². The van der Waals surface area contributed by atoms with E-state index in [1.54, 1.807) is 23.2 Å². The number of nitrogens with one attached hydrogen (secondary N) is 2. The minimum Gasteiger partial charge on any atom is -0.353 e. The van der Waals surface area contributed by atoms with E-state index in [4.69, 9.17) is 16.4 Å². The molecule has 0 saturated carbocycles. The predicted octanol–water partition coefficient (Wildman–Crippen LogP) is 2.66. The number of nitrogens with zero attached hydrogens (tertiary/aromatic N) is 2. The summed E-state index contributed by atoms with van der Waals surface area (Å²) in [6, 6.07) is 9.70. The quantitative estimate of drug-likeness (QED) is 0.816. The van der Waals surface area contributed by atoms with Crippen molar-refractivity contribution in [1.82, 2.24) is 20.7 Å². The Morgan fingerprint density at radius 3 is 3.08 bits per heavy atom. The van der Waals surface area contributed by atoms with Crippen molar-refractivity contribution in [1.29, 1.82) is 0 Å². The van der Waals surface area contributed by atoms with Crippen LogP contribution in [0.5, 0.6) is 0 Å². The van der Waals surface area contributed by atoms with Crippen LogP contribution in [0.2, 0.25) is 5.02 Å². The van der Waals surface area contributed by atoms with Gasteiger partial charge < -0.3 is 10.2 Å². The van der Waals surface area contributed by atoms with Crippen LogP contribution in [-0.2, 0) is 11.4 Å². The van der Waals surface area contributed by atoms with Crippen molar-refractivity contribution in [2.24, 2.45) is 0 Å². The number of amides is 1. The average molecular weight is 365 g/mol. The van der Waals surface area contributed by atoms with Crippen LogP contribution in [0.1, 0.15) is 17.3 Å². The molecule has 25 heavy (non-hydrogen) atoms. The highest BCUT2D eigenvalue weighted by Gasteiger charge is 2.30. The first-order valence-electron chi connectivity index (χ1n) is 7.91. The maximum absolute atomic E-state index is 13.7. The summed E-state index contributed by atoms with van der Waals surface area (Å²) in [7, 11) is 0. The van der Waals surface area contributed by atoms with Crippen molar-refractivity contribution in [3.8, 4) is 0 Å². The zero-order valence-electron chi connectivity index (χ0n) is 13.4. The predicted molar refractivity (Wildman–Crippen MR) is 91.3 cm³/mol. The fraction of sp³-hybridized carbons (Fsp3) is 0.294. The highest BCUT2D eigenvalue weighted by atomic mass is 35.5. The number of hydrogen-bond donors (Lipinski definition) is 2. The SMILES string of the molecule is O=C(ONCc1ccc(Cl)cc1F)N1CCNCC1c1ccccn1. The average Bonchev–Trinajstić information content (AvgIpc) is 2.64. The second-order valence-electron chi connectivity index (χ2n) is 5.59. The number of halogens is 2. The van der Waals surface area contributed by atoms with E-state index in [0.29, 0.717) is 30.2 Å². The molecular weight excluding hydrogens is 347 g/mol. The summed E-state index contributed by atoms with van der Waals surface area (Å²) in [5.41, 5.74) is 3.66. The van der Waals surface area contributed by atoms with Gasteiger partial charge in [0.15, 0.2) is 0 Å². The largest absolute Gasteiger partial charge is 0.429 e. The normalized spacial score (nSPS) is 17.4. The molecule has 2 aromatic rings. The number of piperazine rings is 1. The van der Waals surface area contributed by atoms with E-state index >= 15 is 0 Å². The lowest BCUT2D eigenvalue weighted by molar-refractivity contribution is 0.0342. The van der Waals surface area contributed by atoms with Crippen molar-refractivity contribution in [2.75, 3.05) is 19.6 Å². The minimum atomic E-state index is -0.522. The van der Waals surface area contributed by atoms with Crippen molar-refractivity contribution < 1.29 is 14.0 Å². The van der Waals surface area contributed by atoms with Crippen molar-refractivity contribution in [3.63, 3.8) is 0 Å². The highest BCUT2D eigenvalue weighted by Crippen LogP contribution is 2.21. The van der Waals surface area contributed by atoms with Crippen LogP contribution >= 0.6 is 11.6 Å². The first-order chi connectivity index (χ1) is 12.1. The first kappa shape index (κ1) is 17.6. The number of benzene rings is 1. The first-order valence-corrected chi connectivity index (χ1v) is 8.29. The van der Waals surface area contributed by atoms with Crippen LogP contribution in [-0.4, -0.2) is 35.6 Å². The van der Waals surface area contributed by atoms with E-state index in [1.807, 2.05) is 18.2 Å². The summed E-state index contributed by atoms with van der Waals surface area (Å²) in [5.74, 6) is -0.454. The third-order valence-corrected chi connectivity index (χ3v) is 4.18. The number of carbonyl (C=O) groups excluding carboxylic acids is 1. The van der Waals surface area contributed by atoms with E-state index in [9.17, 15) is 9.18 Å². The second kappa shape index (κ2) is 8.24. The van der Waals surface area contributed by atoms with Crippen LogP contribution in [0.3, 0.4) is 0 Å². The standard InChI is InChI=1S/C17H18ClFN4O2/c18-13-5-4-12(14(19)9-13)10-22-25-17(24)23-8-7-20-11-16(23)15-3-1-2-6-21-15/h1-6,9,16,20,22H,7-8,10-11H2. The maximum Gasteiger partial charge on any atom is 0.429 e. The summed E-state index contributed by atoms with van der Waals surface area (Å²) in [6.07, 6.45) is 1.17. The smallest absolute Gasteiger partial charge is 0.353 e. The van der Waals surface area contributed by atoms with E-state index in [1.165, 1.54) is 6.07 Å². The van der Waals surface area contributed by atoms with Crippen LogP contribution in [0, 0.1) is 5.82 Å². The van der Waals surface area contributed by atoms with Gasteiger partial charge in [0.2, 0.25) is 0 Å². The molecule has 1 fully saturated rings. The highest BCUT2D eigenvalue weighted by molar-refractivity contribution is 6.30. The summed E-state index contributed by atoms with van der Waals surface area (Å²) in [6.45, 7) is 1.81. The molecule has 1 unspecified atom stereocenters. The Labute approximate surface area is 149 Å². The summed E-state index contributed by atoms with van der Waals surface area (Å²) in [5, 5.41) is 3.56. The second-order valence-corrected chi connectivity index (χ2v) is 6.03. The molecule has 1 aromatic heterocycles. The van der Waals surface area contributed by atoms with Gasteiger partial charge in [0.05, 0.1) is 18.3 Å². The molecule has 3 rings (SSSR count). The van der Waals surface area contributed by atoms with Gasteiger partial charge in [0, 0.05) is 36.4 Å². The van der Waals surface area contributed by atoms with Crippen molar-refractivity contribution in [2.45, 2.75) is 12.6 Å². The molecule has 1 atom stereocenters. The van der Waals surface area contributed by atoms with E-state index in [2.05, 4.69) is 15.8 Å². The van der Waals surface area contributed by atoms with Crippen LogP contribution in [0.4, 0.5) is 9.18 Å². The van der Waals surface area contributed by atoms with Crippen molar-refractivity contribution >= 4 is 17.7 Å². The van der Waals surface area contributed by atoms with Crippen LogP contribution in [0.25, 0.3) is 0 Å². The molecule has 1 saturated heterocycles. The number of carbonyl (C=O) groups is 1. The van der Waals surface area contributed by atoms with Gasteiger partial charge in [0.1, 0.15) is 5.82 Å². The van der Waals surface area contributed by atoms with Gasteiger partial charge in [-0.1, -0.05) is 23.7 Å². The molecule has 132 valence electrons. The molecule has 1 aliphatic heterocycles. The molecular formula is C17H18ClFN4O2. The molecule has 1 aromatic carbocycles. The molecule has 6 nitrogen and oxygen atoms in total. The molecule has 2 N–H and O–H groups in total. The minimum absolute atomic E-state index is 0.0507. The number of rotatable bonds is 4. The summed E-state index contributed by atoms with van der Waals surface area (Å²) < 4.78 is 13.7. The molecule has 0 bridgehead atoms. The number of pyridine rings is 1. The van der Waals surface area contributed by atoms with Crippen LogP contribution in [0.15, 0.2) is 42.6 Å². The fourth-order valence-electron chi connectivity index (χ4n) is 2.66. The Bertz CT molecular complexity index is 732. The Morgan fingerprint density at radius 1 is 1.44 bits per heavy atom. The summed E-state index contributed by atoms with van der Waals surface area (Å²) >= 11 is 5.71. The van der Waals surface area contributed by atoms with Gasteiger partial charge in [0.25, 0.3) is 0 Å². The fourth-order valence-corrected chi connectivity index (χ4v) is 2.82. The van der Waals surface area contributed by atoms with E-state index in [0.717, 1.165) is 5.69 Å². The van der Waals surface area contributed by atoms with Gasteiger partial charge in [-0.05, 0) is 24.3 Å². The third kappa shape index (κ3) is 4.45. The van der Waals surface area contributed by atoms with Crippen molar-refractivity contribution in [3.05, 3.63) is 64.7 Å². The molecule has 8 heteroatoms. The monoisotopic (exact) mass is 364 g/mol. The molecule has 0 spiro atoms. The van der Waals surface area contributed by atoms with E-state index < -0.39 is 11.9 Å². The Balaban J connectivity index is 1.59. The lowest BCUT2D eigenvalue weighted by atomic mass is 10.1. The molecule has 2 heterocycles. The number of hydrogen-bond acceptors (Lipinski definition) is 5. The Kier molecular flexibility index (Phi) is 5.80. The summed E-state index contributed by atoms with van der Waals surface area (Å²) in [4.78, 5) is 23.4. The number of aromatic nitrogens is 1. The van der Waals surface area contributed by atoms with Gasteiger partial charge in [-0.3, -0.25) is 9.88 Å². The molecule has 1 amide bonds. The van der Waals surface area contributed by atoms with E-state index in [-0.39, 0.29) is 12.6 Å². The molecule has 1 aliphatic rings. The molecule has 0 radical (unpaired) electrons. The third-order valence-electron chi connectivity index (χ3n) is 3.94. The maximum atomic E-state index is 13.7. The molecule has 0 aliphatic carbocycles. The van der Waals surface area contributed by atoms with Gasteiger partial charge >= 0.3 is 6.09 Å². The lowest BCUT2D eigenvalue weighted by Gasteiger charge is -2.34. The van der Waals surface area contributed by atoms with Gasteiger partial charge in [-0.25, -0.2) is 9.18 Å². The van der Waals surface area contributed by atoms with Gasteiger partial charge in [-0.15, -0.1) is 5.48 Å². The zero-order chi connectivity index (χ0) is 17.6. The lowest BCUT2D eigenvalue weighted by Crippen LogP contribution is -2.50. The Morgan fingerprint density at radius 2 is 2.32 bits per heavy atom. The Hall–Kier alpha value is -2.22. The number of hydroxylamine groups is 1. The zero-order valence-corrected chi connectivity index (χ0v) is 14.2. The topological polar surface area (TPSA) is 66.5 Å².